The number of para-hydroxylation sites is 1. The minimum atomic E-state index is -0.275. The van der Waals surface area contributed by atoms with Crippen molar-refractivity contribution in [3.8, 4) is 5.88 Å². The van der Waals surface area contributed by atoms with Crippen molar-refractivity contribution in [2.24, 2.45) is 5.92 Å². The molecule has 1 aromatic carbocycles. The predicted molar refractivity (Wildman–Crippen MR) is 106 cm³/mol. The van der Waals surface area contributed by atoms with Crippen LogP contribution in [0.15, 0.2) is 48.7 Å². The Kier molecular flexibility index (Phi) is 5.48. The lowest BCUT2D eigenvalue weighted by Crippen LogP contribution is -2.45. The molecule has 0 aliphatic carbocycles. The van der Waals surface area contributed by atoms with E-state index in [1.807, 2.05) is 35.2 Å². The fourth-order valence-corrected chi connectivity index (χ4v) is 3.90. The first-order chi connectivity index (χ1) is 13.6. The number of anilines is 1. The van der Waals surface area contributed by atoms with E-state index in [0.29, 0.717) is 30.5 Å². The van der Waals surface area contributed by atoms with Crippen LogP contribution in [0.1, 0.15) is 19.3 Å². The molecule has 6 nitrogen and oxygen atoms in total. The van der Waals surface area contributed by atoms with E-state index < -0.39 is 0 Å². The Hall–Kier alpha value is -2.60. The van der Waals surface area contributed by atoms with Crippen LogP contribution in [0.5, 0.6) is 5.88 Å². The van der Waals surface area contributed by atoms with E-state index in [1.165, 1.54) is 0 Å². The zero-order valence-corrected chi connectivity index (χ0v) is 16.2. The largest absolute Gasteiger partial charge is 0.474 e. The molecule has 1 unspecified atom stereocenters. The van der Waals surface area contributed by atoms with Crippen molar-refractivity contribution in [2.75, 3.05) is 24.5 Å². The molecule has 4 rings (SSSR count). The van der Waals surface area contributed by atoms with Crippen LogP contribution in [0.3, 0.4) is 0 Å². The summed E-state index contributed by atoms with van der Waals surface area (Å²) < 4.78 is 5.89. The zero-order valence-electron chi connectivity index (χ0n) is 15.5. The number of carbonyl (C=O) groups is 2. The van der Waals surface area contributed by atoms with E-state index in [0.717, 1.165) is 18.5 Å². The summed E-state index contributed by atoms with van der Waals surface area (Å²) in [6.45, 7) is 1.72. The molecule has 146 valence electrons. The summed E-state index contributed by atoms with van der Waals surface area (Å²) in [7, 11) is 0. The molecule has 0 saturated carbocycles. The van der Waals surface area contributed by atoms with Crippen molar-refractivity contribution < 1.29 is 14.3 Å². The van der Waals surface area contributed by atoms with Gasteiger partial charge in [0.15, 0.2) is 0 Å². The average molecular weight is 400 g/mol. The highest BCUT2D eigenvalue weighted by atomic mass is 35.5. The minimum absolute atomic E-state index is 0.0107. The van der Waals surface area contributed by atoms with Crippen molar-refractivity contribution in [3.05, 3.63) is 53.7 Å². The summed E-state index contributed by atoms with van der Waals surface area (Å²) in [6, 6.07) is 13.0. The van der Waals surface area contributed by atoms with E-state index in [9.17, 15) is 9.59 Å². The molecular formula is C21H22ClN3O3. The van der Waals surface area contributed by atoms with Crippen LogP contribution in [0, 0.1) is 5.92 Å². The van der Waals surface area contributed by atoms with E-state index in [-0.39, 0.29) is 30.3 Å². The van der Waals surface area contributed by atoms with Crippen LogP contribution >= 0.6 is 11.6 Å². The van der Waals surface area contributed by atoms with E-state index in [1.54, 1.807) is 23.2 Å². The number of hydrogen-bond donors (Lipinski definition) is 0. The number of hydrogen-bond acceptors (Lipinski definition) is 4. The monoisotopic (exact) mass is 399 g/mol. The van der Waals surface area contributed by atoms with Crippen LogP contribution in [0.25, 0.3) is 0 Å². The molecule has 2 aliphatic heterocycles. The highest BCUT2D eigenvalue weighted by molar-refractivity contribution is 6.30. The first kappa shape index (κ1) is 18.7. The molecule has 1 atom stereocenters. The van der Waals surface area contributed by atoms with E-state index in [4.69, 9.17) is 16.3 Å². The molecule has 3 heterocycles. The molecule has 2 aromatic rings. The Morgan fingerprint density at radius 2 is 1.86 bits per heavy atom. The van der Waals surface area contributed by atoms with Crippen LogP contribution in [-0.4, -0.2) is 47.4 Å². The molecule has 2 fully saturated rings. The zero-order chi connectivity index (χ0) is 19.5. The number of nitrogens with zero attached hydrogens (tertiary/aromatic N) is 3. The maximum Gasteiger partial charge on any atom is 0.228 e. The number of piperidine rings is 1. The highest BCUT2D eigenvalue weighted by Gasteiger charge is 2.38. The van der Waals surface area contributed by atoms with Gasteiger partial charge in [-0.2, -0.15) is 0 Å². The van der Waals surface area contributed by atoms with Crippen molar-refractivity contribution in [3.63, 3.8) is 0 Å². The maximum atomic E-state index is 12.9. The number of carbonyl (C=O) groups excluding carboxylic acids is 2. The lowest BCUT2D eigenvalue weighted by atomic mass is 10.0. The first-order valence-corrected chi connectivity index (χ1v) is 9.90. The Bertz CT molecular complexity index is 836. The number of benzene rings is 1. The summed E-state index contributed by atoms with van der Waals surface area (Å²) in [5.74, 6) is 0.351. The van der Waals surface area contributed by atoms with Crippen molar-refractivity contribution in [1.82, 2.24) is 9.88 Å². The highest BCUT2D eigenvalue weighted by Crippen LogP contribution is 2.27. The lowest BCUT2D eigenvalue weighted by molar-refractivity contribution is -0.137. The Morgan fingerprint density at radius 3 is 2.54 bits per heavy atom. The Morgan fingerprint density at radius 1 is 1.11 bits per heavy atom. The first-order valence-electron chi connectivity index (χ1n) is 9.52. The molecule has 0 N–H and O–H groups in total. The average Bonchev–Trinajstić information content (AvgIpc) is 3.12. The van der Waals surface area contributed by atoms with Gasteiger partial charge in [-0.3, -0.25) is 9.59 Å². The topological polar surface area (TPSA) is 62.7 Å². The minimum Gasteiger partial charge on any atom is -0.474 e. The van der Waals surface area contributed by atoms with Gasteiger partial charge in [0.2, 0.25) is 17.7 Å². The van der Waals surface area contributed by atoms with Gasteiger partial charge in [-0.15, -0.1) is 0 Å². The summed E-state index contributed by atoms with van der Waals surface area (Å²) >= 11 is 5.84. The van der Waals surface area contributed by atoms with Gasteiger partial charge >= 0.3 is 0 Å². The van der Waals surface area contributed by atoms with Gasteiger partial charge in [-0.25, -0.2) is 4.98 Å². The van der Waals surface area contributed by atoms with Gasteiger partial charge in [0.1, 0.15) is 6.10 Å². The number of likely N-dealkylation sites (tertiary alicyclic amines) is 1. The maximum absolute atomic E-state index is 12.9. The van der Waals surface area contributed by atoms with Crippen LogP contribution in [0.4, 0.5) is 5.69 Å². The lowest BCUT2D eigenvalue weighted by Gasteiger charge is -2.33. The third kappa shape index (κ3) is 4.12. The van der Waals surface area contributed by atoms with Crippen molar-refractivity contribution in [1.29, 1.82) is 0 Å². The number of pyridine rings is 1. The van der Waals surface area contributed by atoms with Crippen LogP contribution in [-0.2, 0) is 9.59 Å². The normalized spacial score (nSPS) is 20.5. The predicted octanol–water partition coefficient (Wildman–Crippen LogP) is 3.16. The van der Waals surface area contributed by atoms with Crippen LogP contribution in [0.2, 0.25) is 5.02 Å². The molecule has 0 spiro atoms. The second kappa shape index (κ2) is 8.19. The fraction of sp³-hybridized carbons (Fsp3) is 0.381. The van der Waals surface area contributed by atoms with Crippen molar-refractivity contribution in [2.45, 2.75) is 25.4 Å². The summed E-state index contributed by atoms with van der Waals surface area (Å²) in [4.78, 5) is 33.0. The Labute approximate surface area is 169 Å². The second-order valence-corrected chi connectivity index (χ2v) is 7.63. The SMILES string of the molecule is O=C(C1CC(=O)N(c2ccccc2)C1)N1CCC(Oc2ccc(Cl)cn2)CC1. The molecule has 7 heteroatoms. The van der Waals surface area contributed by atoms with Gasteiger partial charge in [-0.05, 0) is 18.2 Å². The standard InChI is InChI=1S/C21H22ClN3O3/c22-16-6-7-19(23-13-16)28-18-8-10-24(11-9-18)21(27)15-12-20(26)25(14-15)17-4-2-1-3-5-17/h1-7,13,15,18H,8-12,14H2. The fourth-order valence-electron chi connectivity index (χ4n) is 3.79. The summed E-state index contributed by atoms with van der Waals surface area (Å²) in [6.07, 6.45) is 3.37. The Balaban J connectivity index is 1.30. The van der Waals surface area contributed by atoms with E-state index >= 15 is 0 Å². The quantitative estimate of drug-likeness (QED) is 0.792. The second-order valence-electron chi connectivity index (χ2n) is 7.20. The smallest absolute Gasteiger partial charge is 0.228 e. The van der Waals surface area contributed by atoms with Crippen molar-refractivity contribution >= 4 is 29.1 Å². The molecule has 1 aromatic heterocycles. The van der Waals surface area contributed by atoms with Gasteiger partial charge in [0, 0.05) is 56.8 Å². The van der Waals surface area contributed by atoms with Gasteiger partial charge in [0.05, 0.1) is 10.9 Å². The third-order valence-electron chi connectivity index (χ3n) is 5.28. The molecule has 0 radical (unpaired) electrons. The number of amides is 2. The number of rotatable bonds is 4. The van der Waals surface area contributed by atoms with Gasteiger partial charge in [-0.1, -0.05) is 29.8 Å². The number of ether oxygens (including phenoxy) is 1. The molecule has 2 aliphatic rings. The van der Waals surface area contributed by atoms with E-state index in [2.05, 4.69) is 4.98 Å². The van der Waals surface area contributed by atoms with Gasteiger partial charge < -0.3 is 14.5 Å². The summed E-state index contributed by atoms with van der Waals surface area (Å²) in [5, 5.41) is 0.573. The molecular weight excluding hydrogens is 378 g/mol. The molecule has 0 bridgehead atoms. The van der Waals surface area contributed by atoms with Gasteiger partial charge in [0.25, 0.3) is 0 Å². The molecule has 28 heavy (non-hydrogen) atoms. The number of aromatic nitrogens is 1. The molecule has 2 amide bonds. The summed E-state index contributed by atoms with van der Waals surface area (Å²) in [5.41, 5.74) is 0.852. The number of halogens is 1. The third-order valence-corrected chi connectivity index (χ3v) is 5.51. The molecule has 2 saturated heterocycles. The van der Waals surface area contributed by atoms with Crippen LogP contribution < -0.4 is 9.64 Å².